The Hall–Kier alpha value is -3.13. The molecule has 0 saturated carbocycles. The van der Waals surface area contributed by atoms with Crippen LogP contribution in [0.2, 0.25) is 0 Å². The van der Waals surface area contributed by atoms with Gasteiger partial charge in [0.2, 0.25) is 6.23 Å². The number of anilines is 1. The van der Waals surface area contributed by atoms with Gasteiger partial charge in [-0.3, -0.25) is 0 Å². The van der Waals surface area contributed by atoms with Crippen LogP contribution in [0, 0.1) is 11.3 Å². The van der Waals surface area contributed by atoms with Gasteiger partial charge in [0.15, 0.2) is 0 Å². The van der Waals surface area contributed by atoms with E-state index in [1.54, 1.807) is 24.3 Å². The minimum atomic E-state index is -4.90. The smallest absolute Gasteiger partial charge is 0.433 e. The van der Waals surface area contributed by atoms with Crippen molar-refractivity contribution in [2.75, 3.05) is 25.2 Å². The third-order valence-electron chi connectivity index (χ3n) is 4.54. The van der Waals surface area contributed by atoms with Gasteiger partial charge in [0.1, 0.15) is 24.2 Å². The van der Waals surface area contributed by atoms with E-state index in [9.17, 15) is 26.3 Å². The van der Waals surface area contributed by atoms with Crippen molar-refractivity contribution in [3.05, 3.63) is 53.6 Å². The molecular formula is C20H16F6N2O3. The van der Waals surface area contributed by atoms with Gasteiger partial charge < -0.3 is 19.1 Å². The van der Waals surface area contributed by atoms with E-state index >= 15 is 0 Å². The molecule has 0 bridgehead atoms. The maximum Gasteiger partial charge on any atom is 0.433 e. The molecule has 1 saturated heterocycles. The zero-order valence-corrected chi connectivity index (χ0v) is 16.0. The Balaban J connectivity index is 1.81. The molecule has 0 N–H and O–H groups in total. The first-order chi connectivity index (χ1) is 14.5. The topological polar surface area (TPSA) is 54.7 Å². The van der Waals surface area contributed by atoms with Crippen LogP contribution in [0.3, 0.4) is 0 Å². The SMILES string of the molecule is COc1ccc(OCC2CN(c3ccc(C#N)c(C(F)(F)F)c3)C(C(F)(F)F)O2)cc1. The van der Waals surface area contributed by atoms with Crippen LogP contribution >= 0.6 is 0 Å². The third kappa shape index (κ3) is 5.14. The van der Waals surface area contributed by atoms with Gasteiger partial charge >= 0.3 is 12.4 Å². The molecule has 0 spiro atoms. The second-order valence-electron chi connectivity index (χ2n) is 6.63. The van der Waals surface area contributed by atoms with Crippen molar-refractivity contribution in [2.45, 2.75) is 24.7 Å². The van der Waals surface area contributed by atoms with Gasteiger partial charge in [0, 0.05) is 5.69 Å². The van der Waals surface area contributed by atoms with Crippen molar-refractivity contribution in [1.29, 1.82) is 5.26 Å². The molecule has 31 heavy (non-hydrogen) atoms. The second-order valence-corrected chi connectivity index (χ2v) is 6.63. The fourth-order valence-electron chi connectivity index (χ4n) is 3.10. The predicted octanol–water partition coefficient (Wildman–Crippen LogP) is 4.76. The van der Waals surface area contributed by atoms with E-state index in [-0.39, 0.29) is 18.8 Å². The lowest BCUT2D eigenvalue weighted by molar-refractivity contribution is -0.215. The van der Waals surface area contributed by atoms with Crippen molar-refractivity contribution in [3.8, 4) is 17.6 Å². The zero-order valence-electron chi connectivity index (χ0n) is 16.0. The van der Waals surface area contributed by atoms with Crippen LogP contribution in [0.25, 0.3) is 0 Å². The molecule has 2 atom stereocenters. The van der Waals surface area contributed by atoms with Crippen LogP contribution in [0.4, 0.5) is 32.0 Å². The summed E-state index contributed by atoms with van der Waals surface area (Å²) in [6.07, 6.45) is -13.3. The van der Waals surface area contributed by atoms with E-state index in [0.29, 0.717) is 22.5 Å². The number of methoxy groups -OCH3 is 1. The Morgan fingerprint density at radius 3 is 2.26 bits per heavy atom. The summed E-state index contributed by atoms with van der Waals surface area (Å²) in [6, 6.07) is 10.1. The normalized spacial score (nSPS) is 19.2. The Morgan fingerprint density at radius 1 is 1.06 bits per heavy atom. The van der Waals surface area contributed by atoms with Gasteiger partial charge in [-0.2, -0.15) is 31.6 Å². The predicted molar refractivity (Wildman–Crippen MR) is 96.7 cm³/mol. The van der Waals surface area contributed by atoms with Crippen molar-refractivity contribution in [1.82, 2.24) is 0 Å². The molecule has 5 nitrogen and oxygen atoms in total. The summed E-state index contributed by atoms with van der Waals surface area (Å²) in [5, 5.41) is 8.88. The molecule has 166 valence electrons. The number of nitriles is 1. The van der Waals surface area contributed by atoms with Gasteiger partial charge in [-0.05, 0) is 42.5 Å². The molecule has 0 aliphatic carbocycles. The minimum absolute atomic E-state index is 0.252. The van der Waals surface area contributed by atoms with Crippen molar-refractivity contribution >= 4 is 5.69 Å². The van der Waals surface area contributed by atoms with Gasteiger partial charge in [-0.25, -0.2) is 0 Å². The molecule has 2 aromatic carbocycles. The van der Waals surface area contributed by atoms with Crippen molar-refractivity contribution in [3.63, 3.8) is 0 Å². The van der Waals surface area contributed by atoms with Crippen LogP contribution in [0.1, 0.15) is 11.1 Å². The van der Waals surface area contributed by atoms with Crippen LogP contribution in [0.15, 0.2) is 42.5 Å². The first kappa shape index (κ1) is 22.6. The minimum Gasteiger partial charge on any atom is -0.497 e. The Bertz CT molecular complexity index is 953. The van der Waals surface area contributed by atoms with E-state index in [0.717, 1.165) is 12.1 Å². The number of hydrogen-bond acceptors (Lipinski definition) is 5. The summed E-state index contributed by atoms with van der Waals surface area (Å²) in [5.41, 5.74) is -2.36. The number of rotatable bonds is 5. The monoisotopic (exact) mass is 446 g/mol. The zero-order chi connectivity index (χ0) is 22.8. The highest BCUT2D eigenvalue weighted by atomic mass is 19.4. The fourth-order valence-corrected chi connectivity index (χ4v) is 3.10. The molecule has 0 aromatic heterocycles. The second kappa shape index (κ2) is 8.55. The van der Waals surface area contributed by atoms with Crippen LogP contribution in [-0.4, -0.2) is 38.8 Å². The summed E-state index contributed by atoms with van der Waals surface area (Å²) in [5.74, 6) is 0.929. The molecule has 2 aromatic rings. The lowest BCUT2D eigenvalue weighted by Gasteiger charge is -2.27. The Morgan fingerprint density at radius 2 is 1.71 bits per heavy atom. The maximum atomic E-state index is 13.5. The van der Waals surface area contributed by atoms with Crippen LogP contribution in [0.5, 0.6) is 11.5 Å². The van der Waals surface area contributed by atoms with E-state index in [2.05, 4.69) is 0 Å². The highest BCUT2D eigenvalue weighted by molar-refractivity contribution is 5.56. The standard InChI is InChI=1S/C20H16F6N2O3/c1-29-14-4-6-15(7-5-14)30-11-16-10-28(18(31-16)20(24,25)26)13-3-2-12(9-27)17(8-13)19(21,22)23/h2-8,16,18H,10-11H2,1H3. The van der Waals surface area contributed by atoms with Crippen molar-refractivity contribution in [2.24, 2.45) is 0 Å². The molecule has 1 fully saturated rings. The quantitative estimate of drug-likeness (QED) is 0.620. The summed E-state index contributed by atoms with van der Waals surface area (Å²) in [4.78, 5) is 0.679. The van der Waals surface area contributed by atoms with E-state index in [1.165, 1.54) is 13.2 Å². The number of alkyl halides is 6. The van der Waals surface area contributed by atoms with Gasteiger partial charge in [0.05, 0.1) is 30.9 Å². The molecule has 1 aliphatic heterocycles. The average molecular weight is 446 g/mol. The summed E-state index contributed by atoms with van der Waals surface area (Å²) < 4.78 is 95.7. The molecular weight excluding hydrogens is 430 g/mol. The third-order valence-corrected chi connectivity index (χ3v) is 4.54. The summed E-state index contributed by atoms with van der Waals surface area (Å²) in [7, 11) is 1.47. The van der Waals surface area contributed by atoms with Crippen LogP contribution in [-0.2, 0) is 10.9 Å². The molecule has 1 aliphatic rings. The summed E-state index contributed by atoms with van der Waals surface area (Å²) in [6.45, 7) is -0.610. The molecule has 0 radical (unpaired) electrons. The van der Waals surface area contributed by atoms with Gasteiger partial charge in [0.25, 0.3) is 0 Å². The lowest BCUT2D eigenvalue weighted by atomic mass is 10.1. The first-order valence-corrected chi connectivity index (χ1v) is 8.90. The molecule has 11 heteroatoms. The average Bonchev–Trinajstić information content (AvgIpc) is 3.16. The first-order valence-electron chi connectivity index (χ1n) is 8.90. The number of nitrogens with zero attached hydrogens (tertiary/aromatic N) is 2. The Kier molecular flexibility index (Phi) is 6.22. The molecule has 3 rings (SSSR count). The number of benzene rings is 2. The summed E-state index contributed by atoms with van der Waals surface area (Å²) >= 11 is 0. The maximum absolute atomic E-state index is 13.5. The Labute approximate surface area is 173 Å². The fraction of sp³-hybridized carbons (Fsp3) is 0.350. The number of halogens is 6. The highest BCUT2D eigenvalue weighted by Crippen LogP contribution is 2.39. The van der Waals surface area contributed by atoms with Crippen molar-refractivity contribution < 1.29 is 40.6 Å². The largest absolute Gasteiger partial charge is 0.497 e. The number of ether oxygens (including phenoxy) is 3. The van der Waals surface area contributed by atoms with Gasteiger partial charge in [-0.1, -0.05) is 0 Å². The molecule has 1 heterocycles. The highest BCUT2D eigenvalue weighted by Gasteiger charge is 2.51. The molecule has 2 unspecified atom stereocenters. The van der Waals surface area contributed by atoms with E-state index in [4.69, 9.17) is 19.5 Å². The van der Waals surface area contributed by atoms with Crippen LogP contribution < -0.4 is 14.4 Å². The number of hydrogen-bond donors (Lipinski definition) is 0. The molecule has 0 amide bonds. The van der Waals surface area contributed by atoms with E-state index < -0.39 is 35.8 Å². The van der Waals surface area contributed by atoms with Gasteiger partial charge in [-0.15, -0.1) is 0 Å². The lowest BCUT2D eigenvalue weighted by Crippen LogP contribution is -2.42. The van der Waals surface area contributed by atoms with E-state index in [1.807, 2.05) is 0 Å².